The molecule has 0 bridgehead atoms. The van der Waals surface area contributed by atoms with Crippen molar-refractivity contribution in [2.24, 2.45) is 11.1 Å². The molecule has 7 heteroatoms. The third-order valence-electron chi connectivity index (χ3n) is 6.75. The maximum absolute atomic E-state index is 12.3. The predicted octanol–water partition coefficient (Wildman–Crippen LogP) is 5.17. The number of hydrogen-bond donors (Lipinski definition) is 2. The summed E-state index contributed by atoms with van der Waals surface area (Å²) in [5.41, 5.74) is 5.68. The Labute approximate surface area is 185 Å². The number of nitrogens with two attached hydrogens (primary N) is 1. The number of aromatic nitrogens is 3. The number of aromatic amines is 1. The van der Waals surface area contributed by atoms with Crippen molar-refractivity contribution < 1.29 is 8.42 Å². The Morgan fingerprint density at radius 3 is 2.42 bits per heavy atom. The Kier molecular flexibility index (Phi) is 5.54. The molecule has 3 N–H and O–H groups in total. The Morgan fingerprint density at radius 1 is 1.13 bits per heavy atom. The highest BCUT2D eigenvalue weighted by atomic mass is 32.2. The summed E-state index contributed by atoms with van der Waals surface area (Å²) in [4.78, 5) is 0.222. The number of sulfonamides is 1. The molecule has 4 rings (SSSR count). The minimum atomic E-state index is -3.80. The van der Waals surface area contributed by atoms with Crippen LogP contribution >= 0.6 is 0 Å². The van der Waals surface area contributed by atoms with Gasteiger partial charge in [0.15, 0.2) is 0 Å². The van der Waals surface area contributed by atoms with Crippen molar-refractivity contribution in [2.45, 2.75) is 83.6 Å². The van der Waals surface area contributed by atoms with Crippen LogP contribution in [0.2, 0.25) is 0 Å². The van der Waals surface area contributed by atoms with Crippen LogP contribution in [0.5, 0.6) is 0 Å². The van der Waals surface area contributed by atoms with E-state index < -0.39 is 10.0 Å². The number of nitrogens with zero attached hydrogens (tertiary/aromatic N) is 2. The fraction of sp³-hybridized carbons (Fsp3) is 0.542. The smallest absolute Gasteiger partial charge is 0.239 e. The van der Waals surface area contributed by atoms with Crippen molar-refractivity contribution in [3.05, 3.63) is 35.2 Å². The summed E-state index contributed by atoms with van der Waals surface area (Å²) in [5, 5.41) is 14.3. The van der Waals surface area contributed by atoms with E-state index in [4.69, 9.17) is 5.14 Å². The summed E-state index contributed by atoms with van der Waals surface area (Å²) in [7, 11) is -3.80. The number of fused-ring (bicyclic) bond motifs is 1. The molecule has 2 aromatic heterocycles. The first-order chi connectivity index (χ1) is 14.5. The van der Waals surface area contributed by atoms with Crippen molar-refractivity contribution in [1.29, 1.82) is 0 Å². The molecule has 0 spiro atoms. The standard InChI is InChI=1S/C24H34N4O2S/c1-15-19-11-18(12-20(24(3,4)5)23(19)27-26-15)21-13-22(31(25,29)30)16(2)28(21)14-17-9-7-6-8-10-17/h11-13,17H,6-10,14H2,1-5H3,(H,26,27)(H2,25,29,30). The molecule has 2 heterocycles. The van der Waals surface area contributed by atoms with Crippen LogP contribution in [0.1, 0.15) is 69.8 Å². The monoisotopic (exact) mass is 442 g/mol. The van der Waals surface area contributed by atoms with Gasteiger partial charge >= 0.3 is 0 Å². The number of benzene rings is 1. The van der Waals surface area contributed by atoms with E-state index in [2.05, 4.69) is 47.7 Å². The van der Waals surface area contributed by atoms with E-state index in [0.717, 1.165) is 45.7 Å². The van der Waals surface area contributed by atoms with Gasteiger partial charge in [0, 0.05) is 29.0 Å². The van der Waals surface area contributed by atoms with Crippen molar-refractivity contribution in [3.63, 3.8) is 0 Å². The molecule has 1 aromatic carbocycles. The van der Waals surface area contributed by atoms with Crippen molar-refractivity contribution >= 4 is 20.9 Å². The van der Waals surface area contributed by atoms with E-state index in [1.54, 1.807) is 6.07 Å². The van der Waals surface area contributed by atoms with Gasteiger partial charge in [0.2, 0.25) is 10.0 Å². The molecule has 1 aliphatic rings. The van der Waals surface area contributed by atoms with Crippen molar-refractivity contribution in [1.82, 2.24) is 14.8 Å². The summed E-state index contributed by atoms with van der Waals surface area (Å²) >= 11 is 0. The summed E-state index contributed by atoms with van der Waals surface area (Å²) < 4.78 is 26.9. The molecule has 1 fully saturated rings. The van der Waals surface area contributed by atoms with Gasteiger partial charge in [-0.15, -0.1) is 0 Å². The van der Waals surface area contributed by atoms with Gasteiger partial charge in [-0.1, -0.05) is 40.0 Å². The first kappa shape index (κ1) is 22.1. The lowest BCUT2D eigenvalue weighted by Crippen LogP contribution is -2.17. The maximum atomic E-state index is 12.3. The maximum Gasteiger partial charge on any atom is 0.239 e. The fourth-order valence-corrected chi connectivity index (χ4v) is 5.77. The van der Waals surface area contributed by atoms with Crippen LogP contribution in [-0.2, 0) is 22.0 Å². The van der Waals surface area contributed by atoms with Gasteiger partial charge in [0.1, 0.15) is 4.90 Å². The third kappa shape index (κ3) is 4.17. The normalized spacial score (nSPS) is 16.3. The van der Waals surface area contributed by atoms with E-state index in [0.29, 0.717) is 5.92 Å². The number of hydrogen-bond acceptors (Lipinski definition) is 3. The number of aryl methyl sites for hydroxylation is 1. The second-order valence-corrected chi connectivity index (χ2v) is 11.7. The molecule has 6 nitrogen and oxygen atoms in total. The Morgan fingerprint density at radius 2 is 1.81 bits per heavy atom. The first-order valence-electron chi connectivity index (χ1n) is 11.2. The van der Waals surface area contributed by atoms with Gasteiger partial charge in [-0.25, -0.2) is 13.6 Å². The molecular weight excluding hydrogens is 408 g/mol. The highest BCUT2D eigenvalue weighted by Gasteiger charge is 2.26. The van der Waals surface area contributed by atoms with Gasteiger partial charge < -0.3 is 4.57 Å². The largest absolute Gasteiger partial charge is 0.343 e. The van der Waals surface area contributed by atoms with Gasteiger partial charge in [0.05, 0.1) is 5.52 Å². The van der Waals surface area contributed by atoms with Crippen LogP contribution in [0, 0.1) is 19.8 Å². The quantitative estimate of drug-likeness (QED) is 0.583. The second kappa shape index (κ2) is 7.78. The Bertz CT molecular complexity index is 1220. The topological polar surface area (TPSA) is 93.8 Å². The van der Waals surface area contributed by atoms with E-state index in [1.807, 2.05) is 13.8 Å². The highest BCUT2D eigenvalue weighted by molar-refractivity contribution is 7.89. The number of H-pyrrole nitrogens is 1. The molecule has 0 atom stereocenters. The van der Waals surface area contributed by atoms with E-state index in [-0.39, 0.29) is 10.3 Å². The molecule has 0 amide bonds. The summed E-state index contributed by atoms with van der Waals surface area (Å²) in [6.45, 7) is 11.3. The van der Waals surface area contributed by atoms with Crippen LogP contribution in [0.25, 0.3) is 22.2 Å². The van der Waals surface area contributed by atoms with E-state index >= 15 is 0 Å². The van der Waals surface area contributed by atoms with Gasteiger partial charge in [-0.3, -0.25) is 5.10 Å². The molecule has 168 valence electrons. The molecule has 31 heavy (non-hydrogen) atoms. The Balaban J connectivity index is 1.94. The highest BCUT2D eigenvalue weighted by Crippen LogP contribution is 2.38. The number of primary sulfonamides is 1. The Hall–Kier alpha value is -2.12. The predicted molar refractivity (Wildman–Crippen MR) is 126 cm³/mol. The average molecular weight is 443 g/mol. The van der Waals surface area contributed by atoms with Crippen LogP contribution in [0.3, 0.4) is 0 Å². The molecule has 1 saturated carbocycles. The minimum absolute atomic E-state index is 0.103. The second-order valence-electron chi connectivity index (χ2n) is 10.2. The lowest BCUT2D eigenvalue weighted by molar-refractivity contribution is 0.318. The first-order valence-corrected chi connectivity index (χ1v) is 12.7. The van der Waals surface area contributed by atoms with Crippen LogP contribution < -0.4 is 5.14 Å². The zero-order chi connectivity index (χ0) is 22.6. The van der Waals surface area contributed by atoms with Crippen molar-refractivity contribution in [3.8, 4) is 11.3 Å². The van der Waals surface area contributed by atoms with Crippen molar-refractivity contribution in [2.75, 3.05) is 0 Å². The zero-order valence-corrected chi connectivity index (χ0v) is 20.1. The SMILES string of the molecule is Cc1[nH]nc2c(C(C)(C)C)cc(-c3cc(S(N)(=O)=O)c(C)n3CC3CCCCC3)cc12. The lowest BCUT2D eigenvalue weighted by Gasteiger charge is -2.25. The number of rotatable bonds is 4. The van der Waals surface area contributed by atoms with Gasteiger partial charge in [-0.2, -0.15) is 5.10 Å². The van der Waals surface area contributed by atoms with E-state index in [1.165, 1.54) is 32.1 Å². The molecule has 3 aromatic rings. The molecule has 0 aliphatic heterocycles. The molecule has 0 unspecified atom stereocenters. The summed E-state index contributed by atoms with van der Waals surface area (Å²) in [6, 6.07) is 6.06. The molecule has 1 aliphatic carbocycles. The van der Waals surface area contributed by atoms with Crippen LogP contribution in [0.4, 0.5) is 0 Å². The minimum Gasteiger partial charge on any atom is -0.343 e. The molecule has 0 radical (unpaired) electrons. The lowest BCUT2D eigenvalue weighted by atomic mass is 9.84. The van der Waals surface area contributed by atoms with Crippen LogP contribution in [-0.4, -0.2) is 23.2 Å². The van der Waals surface area contributed by atoms with Crippen LogP contribution in [0.15, 0.2) is 23.1 Å². The summed E-state index contributed by atoms with van der Waals surface area (Å²) in [6.07, 6.45) is 6.17. The fourth-order valence-electron chi connectivity index (χ4n) is 4.97. The number of nitrogens with one attached hydrogen (secondary N) is 1. The zero-order valence-electron chi connectivity index (χ0n) is 19.2. The molecule has 0 saturated heterocycles. The molecular formula is C24H34N4O2S. The van der Waals surface area contributed by atoms with E-state index in [9.17, 15) is 8.42 Å². The average Bonchev–Trinajstić information content (AvgIpc) is 3.22. The van der Waals surface area contributed by atoms with Gasteiger partial charge in [0.25, 0.3) is 0 Å². The van der Waals surface area contributed by atoms with Gasteiger partial charge in [-0.05, 0) is 67.3 Å². The summed E-state index contributed by atoms with van der Waals surface area (Å²) in [5.74, 6) is 0.563. The third-order valence-corrected chi connectivity index (χ3v) is 7.77.